The quantitative estimate of drug-likeness (QED) is 0.692. The second kappa shape index (κ2) is 8.58. The zero-order chi connectivity index (χ0) is 23.0. The van der Waals surface area contributed by atoms with Crippen LogP contribution in [0.2, 0.25) is 5.02 Å². The first-order valence-corrected chi connectivity index (χ1v) is 11.3. The molecule has 4 rings (SSSR count). The van der Waals surface area contributed by atoms with E-state index in [4.69, 9.17) is 16.3 Å². The number of halogens is 1. The number of rotatable bonds is 5. The van der Waals surface area contributed by atoms with Crippen molar-refractivity contribution in [3.8, 4) is 0 Å². The molecule has 32 heavy (non-hydrogen) atoms. The number of aromatic nitrogens is 2. The number of esters is 1. The summed E-state index contributed by atoms with van der Waals surface area (Å²) in [6.45, 7) is 5.59. The van der Waals surface area contributed by atoms with Crippen LogP contribution in [0.25, 0.3) is 0 Å². The SMILES string of the molecule is CCOC(=O)c1cc2n(n1)C[C@](C)(C(=O)NC1CCCC1)N(c1ccc(Cl)cc1C)C2=O. The minimum atomic E-state index is -1.25. The third-order valence-corrected chi connectivity index (χ3v) is 6.45. The molecule has 1 aliphatic heterocycles. The van der Waals surface area contributed by atoms with Crippen LogP contribution in [0.1, 0.15) is 66.1 Å². The molecule has 1 saturated carbocycles. The van der Waals surface area contributed by atoms with Gasteiger partial charge >= 0.3 is 5.97 Å². The molecule has 9 heteroatoms. The Morgan fingerprint density at radius 1 is 1.28 bits per heavy atom. The van der Waals surface area contributed by atoms with Crippen molar-refractivity contribution in [1.82, 2.24) is 15.1 Å². The molecule has 8 nitrogen and oxygen atoms in total. The van der Waals surface area contributed by atoms with Crippen molar-refractivity contribution in [2.45, 2.75) is 64.6 Å². The van der Waals surface area contributed by atoms with Crippen molar-refractivity contribution in [2.75, 3.05) is 11.5 Å². The zero-order valence-corrected chi connectivity index (χ0v) is 19.2. The Morgan fingerprint density at radius 3 is 2.66 bits per heavy atom. The monoisotopic (exact) mass is 458 g/mol. The average Bonchev–Trinajstić information content (AvgIpc) is 3.39. The lowest BCUT2D eigenvalue weighted by Crippen LogP contribution is -2.65. The standard InChI is InChI=1S/C23H27ClN4O4/c1-4-32-21(30)17-12-19-20(29)28(18-10-9-15(24)11-14(18)2)23(3,13-27(19)26-17)22(31)25-16-7-5-6-8-16/h9-12,16H,4-8,13H2,1-3H3,(H,25,31)/t23-/m1/s1. The third-order valence-electron chi connectivity index (χ3n) is 6.22. The maximum Gasteiger partial charge on any atom is 0.358 e. The number of hydrogen-bond acceptors (Lipinski definition) is 5. The van der Waals surface area contributed by atoms with Crippen LogP contribution in [-0.4, -0.2) is 45.8 Å². The number of hydrogen-bond donors (Lipinski definition) is 1. The number of ether oxygens (including phenoxy) is 1. The maximum absolute atomic E-state index is 13.7. The molecule has 2 aliphatic rings. The summed E-state index contributed by atoms with van der Waals surface area (Å²) in [7, 11) is 0. The summed E-state index contributed by atoms with van der Waals surface area (Å²) in [4.78, 5) is 41.0. The predicted octanol–water partition coefficient (Wildman–Crippen LogP) is 3.50. The highest BCUT2D eigenvalue weighted by Gasteiger charge is 2.50. The Bertz CT molecular complexity index is 1080. The van der Waals surface area contributed by atoms with E-state index in [1.807, 2.05) is 6.92 Å². The van der Waals surface area contributed by atoms with Crippen molar-refractivity contribution in [2.24, 2.45) is 0 Å². The Labute approximate surface area is 191 Å². The van der Waals surface area contributed by atoms with E-state index in [2.05, 4.69) is 10.4 Å². The van der Waals surface area contributed by atoms with Gasteiger partial charge in [-0.1, -0.05) is 24.4 Å². The van der Waals surface area contributed by atoms with Crippen molar-refractivity contribution >= 4 is 35.1 Å². The van der Waals surface area contributed by atoms with Gasteiger partial charge in [0.05, 0.1) is 13.2 Å². The fourth-order valence-electron chi connectivity index (χ4n) is 4.54. The summed E-state index contributed by atoms with van der Waals surface area (Å²) in [5.41, 5.74) is 0.387. The van der Waals surface area contributed by atoms with Crippen molar-refractivity contribution in [1.29, 1.82) is 0 Å². The number of nitrogens with one attached hydrogen (secondary N) is 1. The van der Waals surface area contributed by atoms with Gasteiger partial charge in [-0.05, 0) is 57.4 Å². The number of aryl methyl sites for hydroxylation is 1. The van der Waals surface area contributed by atoms with Crippen LogP contribution in [0.3, 0.4) is 0 Å². The number of carbonyl (C=O) groups excluding carboxylic acids is 3. The van der Waals surface area contributed by atoms with Gasteiger partial charge in [-0.2, -0.15) is 5.10 Å². The van der Waals surface area contributed by atoms with Gasteiger partial charge in [-0.3, -0.25) is 19.2 Å². The highest BCUT2D eigenvalue weighted by molar-refractivity contribution is 6.30. The number of benzene rings is 1. The Morgan fingerprint density at radius 2 is 2.00 bits per heavy atom. The lowest BCUT2D eigenvalue weighted by atomic mass is 9.92. The maximum atomic E-state index is 13.7. The van der Waals surface area contributed by atoms with Gasteiger partial charge in [0, 0.05) is 22.8 Å². The average molecular weight is 459 g/mol. The van der Waals surface area contributed by atoms with Gasteiger partial charge < -0.3 is 10.1 Å². The molecule has 170 valence electrons. The van der Waals surface area contributed by atoms with E-state index in [9.17, 15) is 14.4 Å². The molecule has 0 saturated heterocycles. The Hall–Kier alpha value is -2.87. The first-order valence-electron chi connectivity index (χ1n) is 10.9. The third kappa shape index (κ3) is 3.88. The number of nitrogens with zero attached hydrogens (tertiary/aromatic N) is 3. The molecule has 1 N–H and O–H groups in total. The molecular weight excluding hydrogens is 432 g/mol. The van der Waals surface area contributed by atoms with Gasteiger partial charge in [0.15, 0.2) is 5.69 Å². The van der Waals surface area contributed by atoms with E-state index in [1.165, 1.54) is 15.6 Å². The first kappa shape index (κ1) is 22.3. The van der Waals surface area contributed by atoms with E-state index >= 15 is 0 Å². The molecule has 2 aromatic rings. The van der Waals surface area contributed by atoms with E-state index in [1.54, 1.807) is 32.0 Å². The van der Waals surface area contributed by atoms with E-state index in [0.717, 1.165) is 31.2 Å². The highest BCUT2D eigenvalue weighted by Crippen LogP contribution is 2.36. The van der Waals surface area contributed by atoms with E-state index in [0.29, 0.717) is 10.7 Å². The number of anilines is 1. The summed E-state index contributed by atoms with van der Waals surface area (Å²) in [5.74, 6) is -1.26. The van der Waals surface area contributed by atoms with Crippen LogP contribution in [0.5, 0.6) is 0 Å². The summed E-state index contributed by atoms with van der Waals surface area (Å²) < 4.78 is 6.47. The molecule has 0 spiro atoms. The van der Waals surface area contributed by atoms with Gasteiger partial charge in [-0.25, -0.2) is 4.79 Å². The van der Waals surface area contributed by atoms with Gasteiger partial charge in [0.25, 0.3) is 5.91 Å². The van der Waals surface area contributed by atoms with E-state index < -0.39 is 17.4 Å². The van der Waals surface area contributed by atoms with E-state index in [-0.39, 0.29) is 36.5 Å². The Balaban J connectivity index is 1.79. The van der Waals surface area contributed by atoms with Crippen LogP contribution < -0.4 is 10.2 Å². The molecule has 1 aromatic heterocycles. The van der Waals surface area contributed by atoms with Crippen LogP contribution in [-0.2, 0) is 16.1 Å². The number of carbonyl (C=O) groups is 3. The van der Waals surface area contributed by atoms with Gasteiger partial charge in [0.2, 0.25) is 5.91 Å². The molecule has 1 atom stereocenters. The molecular formula is C23H27ClN4O4. The number of amides is 2. The minimum absolute atomic E-state index is 0.0448. The molecule has 0 radical (unpaired) electrons. The molecule has 1 aromatic carbocycles. The summed E-state index contributed by atoms with van der Waals surface area (Å²) in [5, 5.41) is 7.96. The predicted molar refractivity (Wildman–Crippen MR) is 120 cm³/mol. The summed E-state index contributed by atoms with van der Waals surface area (Å²) in [6, 6.07) is 6.72. The minimum Gasteiger partial charge on any atom is -0.461 e. The zero-order valence-electron chi connectivity index (χ0n) is 18.5. The van der Waals surface area contributed by atoms with Crippen molar-refractivity contribution in [3.05, 3.63) is 46.2 Å². The van der Waals surface area contributed by atoms with Crippen LogP contribution in [0, 0.1) is 6.92 Å². The topological polar surface area (TPSA) is 93.5 Å². The molecule has 1 aliphatic carbocycles. The Kier molecular flexibility index (Phi) is 5.99. The lowest BCUT2D eigenvalue weighted by Gasteiger charge is -2.44. The lowest BCUT2D eigenvalue weighted by molar-refractivity contribution is -0.127. The molecule has 2 heterocycles. The van der Waals surface area contributed by atoms with Crippen LogP contribution in [0.4, 0.5) is 5.69 Å². The largest absolute Gasteiger partial charge is 0.461 e. The number of fused-ring (bicyclic) bond motifs is 1. The molecule has 0 bridgehead atoms. The second-order valence-electron chi connectivity index (χ2n) is 8.59. The molecule has 1 fully saturated rings. The second-order valence-corrected chi connectivity index (χ2v) is 9.03. The van der Waals surface area contributed by atoms with Crippen molar-refractivity contribution < 1.29 is 19.1 Å². The van der Waals surface area contributed by atoms with Crippen molar-refractivity contribution in [3.63, 3.8) is 0 Å². The first-order chi connectivity index (χ1) is 15.2. The van der Waals surface area contributed by atoms with Crippen LogP contribution in [0.15, 0.2) is 24.3 Å². The molecule has 0 unspecified atom stereocenters. The van der Waals surface area contributed by atoms with Gasteiger partial charge in [-0.15, -0.1) is 0 Å². The van der Waals surface area contributed by atoms with Gasteiger partial charge in [0.1, 0.15) is 11.2 Å². The van der Waals surface area contributed by atoms with Crippen LogP contribution >= 0.6 is 11.6 Å². The molecule has 2 amide bonds. The fourth-order valence-corrected chi connectivity index (χ4v) is 4.77. The smallest absolute Gasteiger partial charge is 0.358 e. The summed E-state index contributed by atoms with van der Waals surface area (Å²) >= 11 is 6.14. The fraction of sp³-hybridized carbons (Fsp3) is 0.478. The summed E-state index contributed by atoms with van der Waals surface area (Å²) in [6.07, 6.45) is 4.01. The normalized spacial score (nSPS) is 20.9. The highest BCUT2D eigenvalue weighted by atomic mass is 35.5.